The molecule has 2 rings (SSSR count). The Morgan fingerprint density at radius 2 is 2.22 bits per heavy atom. The van der Waals surface area contributed by atoms with Gasteiger partial charge in [-0.05, 0) is 34.3 Å². The van der Waals surface area contributed by atoms with Crippen LogP contribution in [0.25, 0.3) is 0 Å². The SMILES string of the molecule is CNc1ncc(Br)cc1S(=O)(=O)NCCC1CC1. The molecule has 1 saturated carbocycles. The second-order valence-electron chi connectivity index (χ2n) is 4.38. The van der Waals surface area contributed by atoms with Gasteiger partial charge in [0.15, 0.2) is 0 Å². The smallest absolute Gasteiger partial charge is 0.244 e. The molecule has 0 saturated heterocycles. The number of hydrogen-bond donors (Lipinski definition) is 2. The highest BCUT2D eigenvalue weighted by Crippen LogP contribution is 2.32. The summed E-state index contributed by atoms with van der Waals surface area (Å²) in [5, 5.41) is 2.79. The Balaban J connectivity index is 2.13. The monoisotopic (exact) mass is 333 g/mol. The minimum atomic E-state index is -3.50. The second kappa shape index (κ2) is 5.54. The summed E-state index contributed by atoms with van der Waals surface area (Å²) in [6, 6.07) is 1.55. The molecule has 1 aromatic rings. The van der Waals surface area contributed by atoms with Gasteiger partial charge >= 0.3 is 0 Å². The lowest BCUT2D eigenvalue weighted by Crippen LogP contribution is -2.26. The van der Waals surface area contributed by atoms with Crippen LogP contribution in [0.5, 0.6) is 0 Å². The Hall–Kier alpha value is -0.660. The van der Waals surface area contributed by atoms with Crippen LogP contribution in [-0.4, -0.2) is 27.0 Å². The van der Waals surface area contributed by atoms with Crippen molar-refractivity contribution in [1.82, 2.24) is 9.71 Å². The van der Waals surface area contributed by atoms with E-state index in [0.717, 1.165) is 6.42 Å². The first kappa shape index (κ1) is 13.8. The van der Waals surface area contributed by atoms with Crippen molar-refractivity contribution in [2.45, 2.75) is 24.2 Å². The number of rotatable bonds is 6. The van der Waals surface area contributed by atoms with Gasteiger partial charge < -0.3 is 5.32 Å². The number of nitrogens with zero attached hydrogens (tertiary/aromatic N) is 1. The highest BCUT2D eigenvalue weighted by Gasteiger charge is 2.23. The number of nitrogens with one attached hydrogen (secondary N) is 2. The lowest BCUT2D eigenvalue weighted by Gasteiger charge is -2.10. The van der Waals surface area contributed by atoms with Gasteiger partial charge in [0.25, 0.3) is 0 Å². The second-order valence-corrected chi connectivity index (χ2v) is 7.03. The Morgan fingerprint density at radius 1 is 1.50 bits per heavy atom. The topological polar surface area (TPSA) is 71.1 Å². The van der Waals surface area contributed by atoms with Crippen LogP contribution in [0.1, 0.15) is 19.3 Å². The summed E-state index contributed by atoms with van der Waals surface area (Å²) in [4.78, 5) is 4.22. The maximum absolute atomic E-state index is 12.2. The maximum Gasteiger partial charge on any atom is 0.244 e. The Labute approximate surface area is 116 Å². The zero-order valence-corrected chi connectivity index (χ0v) is 12.5. The van der Waals surface area contributed by atoms with Crippen LogP contribution in [-0.2, 0) is 10.0 Å². The van der Waals surface area contributed by atoms with Gasteiger partial charge in [-0.3, -0.25) is 0 Å². The highest BCUT2D eigenvalue weighted by molar-refractivity contribution is 9.10. The molecule has 0 atom stereocenters. The molecular weight excluding hydrogens is 318 g/mol. The van der Waals surface area contributed by atoms with Crippen molar-refractivity contribution in [1.29, 1.82) is 0 Å². The number of pyridine rings is 1. The number of anilines is 1. The molecule has 0 unspecified atom stereocenters. The lowest BCUT2D eigenvalue weighted by atomic mass is 10.3. The molecule has 2 N–H and O–H groups in total. The molecule has 18 heavy (non-hydrogen) atoms. The third-order valence-corrected chi connectivity index (χ3v) is 4.80. The van der Waals surface area contributed by atoms with Crippen LogP contribution in [0.3, 0.4) is 0 Å². The van der Waals surface area contributed by atoms with Crippen molar-refractivity contribution in [3.8, 4) is 0 Å². The lowest BCUT2D eigenvalue weighted by molar-refractivity contribution is 0.575. The van der Waals surface area contributed by atoms with Crippen LogP contribution in [0.15, 0.2) is 21.6 Å². The molecule has 0 amide bonds. The van der Waals surface area contributed by atoms with E-state index < -0.39 is 10.0 Å². The molecule has 1 fully saturated rings. The maximum atomic E-state index is 12.2. The van der Waals surface area contributed by atoms with Gasteiger partial charge in [-0.1, -0.05) is 12.8 Å². The van der Waals surface area contributed by atoms with Crippen molar-refractivity contribution in [3.05, 3.63) is 16.7 Å². The fourth-order valence-corrected chi connectivity index (χ4v) is 3.41. The van der Waals surface area contributed by atoms with E-state index in [2.05, 4.69) is 31.0 Å². The average molecular weight is 334 g/mol. The van der Waals surface area contributed by atoms with E-state index >= 15 is 0 Å². The largest absolute Gasteiger partial charge is 0.372 e. The fourth-order valence-electron chi connectivity index (χ4n) is 1.69. The van der Waals surface area contributed by atoms with E-state index in [1.807, 2.05) is 0 Å². The van der Waals surface area contributed by atoms with Crippen molar-refractivity contribution >= 4 is 31.8 Å². The number of halogens is 1. The molecule has 1 aromatic heterocycles. The van der Waals surface area contributed by atoms with E-state index in [0.29, 0.717) is 22.8 Å². The van der Waals surface area contributed by atoms with Crippen LogP contribution in [0, 0.1) is 5.92 Å². The standard InChI is InChI=1S/C11H16BrN3O2S/c1-13-11-10(6-9(12)7-14-11)18(16,17)15-5-4-8-2-3-8/h6-8,15H,2-5H2,1H3,(H,13,14). The minimum absolute atomic E-state index is 0.176. The molecule has 7 heteroatoms. The van der Waals surface area contributed by atoms with Gasteiger partial charge in [-0.2, -0.15) is 0 Å². The first-order valence-electron chi connectivity index (χ1n) is 5.86. The molecule has 0 bridgehead atoms. The van der Waals surface area contributed by atoms with Crippen LogP contribution < -0.4 is 10.0 Å². The Kier molecular flexibility index (Phi) is 4.24. The fraction of sp³-hybridized carbons (Fsp3) is 0.545. The van der Waals surface area contributed by atoms with E-state index in [1.165, 1.54) is 12.8 Å². The van der Waals surface area contributed by atoms with Gasteiger partial charge in [-0.25, -0.2) is 18.1 Å². The molecular formula is C11H16BrN3O2S. The third-order valence-electron chi connectivity index (χ3n) is 2.89. The quantitative estimate of drug-likeness (QED) is 0.834. The van der Waals surface area contributed by atoms with Gasteiger partial charge in [0.05, 0.1) is 0 Å². The molecule has 0 spiro atoms. The normalized spacial score (nSPS) is 15.7. The first-order valence-corrected chi connectivity index (χ1v) is 8.13. The van der Waals surface area contributed by atoms with Gasteiger partial charge in [0.1, 0.15) is 10.7 Å². The van der Waals surface area contributed by atoms with Gasteiger partial charge in [0.2, 0.25) is 10.0 Å². The van der Waals surface area contributed by atoms with Crippen molar-refractivity contribution in [2.24, 2.45) is 5.92 Å². The minimum Gasteiger partial charge on any atom is -0.372 e. The number of sulfonamides is 1. The number of hydrogen-bond acceptors (Lipinski definition) is 4. The van der Waals surface area contributed by atoms with Crippen LogP contribution in [0.2, 0.25) is 0 Å². The predicted molar refractivity (Wildman–Crippen MR) is 74.0 cm³/mol. The third kappa shape index (κ3) is 3.43. The van der Waals surface area contributed by atoms with E-state index in [9.17, 15) is 8.42 Å². The summed E-state index contributed by atoms with van der Waals surface area (Å²) in [5.74, 6) is 1.06. The molecule has 1 aliphatic carbocycles. The molecule has 5 nitrogen and oxygen atoms in total. The Morgan fingerprint density at radius 3 is 2.83 bits per heavy atom. The zero-order chi connectivity index (χ0) is 13.2. The van der Waals surface area contributed by atoms with E-state index in [1.54, 1.807) is 19.3 Å². The Bertz CT molecular complexity index is 529. The van der Waals surface area contributed by atoms with E-state index in [-0.39, 0.29) is 4.90 Å². The number of aromatic nitrogens is 1. The molecule has 0 aromatic carbocycles. The van der Waals surface area contributed by atoms with Crippen molar-refractivity contribution in [2.75, 3.05) is 18.9 Å². The molecule has 1 aliphatic rings. The van der Waals surface area contributed by atoms with E-state index in [4.69, 9.17) is 0 Å². The van der Waals surface area contributed by atoms with Gasteiger partial charge in [0, 0.05) is 24.3 Å². The summed E-state index contributed by atoms with van der Waals surface area (Å²) in [6.45, 7) is 0.489. The molecule has 100 valence electrons. The summed E-state index contributed by atoms with van der Waals surface area (Å²) in [5.41, 5.74) is 0. The first-order chi connectivity index (χ1) is 8.53. The average Bonchev–Trinajstić information content (AvgIpc) is 3.13. The van der Waals surface area contributed by atoms with Crippen molar-refractivity contribution in [3.63, 3.8) is 0 Å². The van der Waals surface area contributed by atoms with Crippen molar-refractivity contribution < 1.29 is 8.42 Å². The van der Waals surface area contributed by atoms with Crippen LogP contribution >= 0.6 is 15.9 Å². The zero-order valence-electron chi connectivity index (χ0n) is 10.1. The molecule has 1 heterocycles. The van der Waals surface area contributed by atoms with Gasteiger partial charge in [-0.15, -0.1) is 0 Å². The summed E-state index contributed by atoms with van der Waals surface area (Å²) >= 11 is 3.24. The highest BCUT2D eigenvalue weighted by atomic mass is 79.9. The summed E-state index contributed by atoms with van der Waals surface area (Å²) in [7, 11) is -1.85. The predicted octanol–water partition coefficient (Wildman–Crippen LogP) is 1.96. The van der Waals surface area contributed by atoms with Crippen LogP contribution in [0.4, 0.5) is 5.82 Å². The summed E-state index contributed by atoms with van der Waals surface area (Å²) in [6.07, 6.45) is 4.93. The molecule has 0 radical (unpaired) electrons. The molecule has 0 aliphatic heterocycles. The summed E-state index contributed by atoms with van der Waals surface area (Å²) < 4.78 is 27.6.